The Morgan fingerprint density at radius 3 is 2.46 bits per heavy atom. The van der Waals surface area contributed by atoms with E-state index in [1.54, 1.807) is 0 Å². The van der Waals surface area contributed by atoms with Crippen molar-refractivity contribution in [3.63, 3.8) is 0 Å². The van der Waals surface area contributed by atoms with Crippen molar-refractivity contribution in [3.05, 3.63) is 83.9 Å². The molecule has 0 aliphatic rings. The highest BCUT2D eigenvalue weighted by molar-refractivity contribution is 7.97. The molecule has 0 saturated carbocycles. The molecule has 4 heteroatoms. The molecule has 0 fully saturated rings. The molecule has 1 N–H and O–H groups in total. The molecule has 0 spiro atoms. The average molecular weight is 336 g/mol. The molecule has 0 aliphatic carbocycles. The van der Waals surface area contributed by atoms with Gasteiger partial charge in [-0.25, -0.2) is 4.99 Å². The van der Waals surface area contributed by atoms with Crippen molar-refractivity contribution in [2.75, 3.05) is 6.26 Å². The minimum absolute atomic E-state index is 0.505. The van der Waals surface area contributed by atoms with E-state index >= 15 is 0 Å². The lowest BCUT2D eigenvalue weighted by molar-refractivity contribution is 0.283. The third-order valence-corrected chi connectivity index (χ3v) is 4.01. The lowest BCUT2D eigenvalue weighted by atomic mass is 10.1. The van der Waals surface area contributed by atoms with Crippen molar-refractivity contribution in [2.24, 2.45) is 4.99 Å². The van der Waals surface area contributed by atoms with Gasteiger partial charge in [0.2, 0.25) is 0 Å². The molecule has 3 aromatic carbocycles. The fraction of sp³-hybridized carbons (Fsp3) is 0.150. The lowest BCUT2D eigenvalue weighted by Gasteiger charge is -2.10. The number of rotatable bonds is 5. The Kier molecular flexibility index (Phi) is 5.75. The quantitative estimate of drug-likeness (QED) is 0.413. The van der Waals surface area contributed by atoms with Crippen molar-refractivity contribution < 1.29 is 4.74 Å². The summed E-state index contributed by atoms with van der Waals surface area (Å²) in [6, 6.07) is 25.4. The molecule has 0 bridgehead atoms. The van der Waals surface area contributed by atoms with Gasteiger partial charge in [-0.05, 0) is 28.0 Å². The maximum atomic E-state index is 5.80. The Bertz CT molecular complexity index is 818. The third kappa shape index (κ3) is 4.52. The summed E-state index contributed by atoms with van der Waals surface area (Å²) in [6.07, 6.45) is 1.96. The molecule has 3 aromatic rings. The normalized spacial score (nSPS) is 11.5. The Morgan fingerprint density at radius 2 is 1.67 bits per heavy atom. The van der Waals surface area contributed by atoms with Crippen molar-refractivity contribution in [2.45, 2.75) is 13.2 Å². The summed E-state index contributed by atoms with van der Waals surface area (Å²) in [4.78, 5) is 4.57. The van der Waals surface area contributed by atoms with E-state index in [0.717, 1.165) is 11.1 Å². The SMILES string of the molecule is CSNC(=NCc1ccc2ccccc2c1)OCc1ccccc1. The largest absolute Gasteiger partial charge is 0.460 e. The van der Waals surface area contributed by atoms with Gasteiger partial charge in [-0.1, -0.05) is 78.7 Å². The number of nitrogens with zero attached hydrogens (tertiary/aromatic N) is 1. The molecule has 0 radical (unpaired) electrons. The van der Waals surface area contributed by atoms with E-state index in [1.807, 2.05) is 36.6 Å². The number of hydrogen-bond acceptors (Lipinski definition) is 3. The Labute approximate surface area is 146 Å². The van der Waals surface area contributed by atoms with Crippen molar-refractivity contribution >= 4 is 28.7 Å². The van der Waals surface area contributed by atoms with Crippen LogP contribution >= 0.6 is 11.9 Å². The zero-order valence-electron chi connectivity index (χ0n) is 13.6. The first-order valence-corrected chi connectivity index (χ1v) is 9.05. The molecule has 3 rings (SSSR count). The molecular formula is C20H20N2OS. The van der Waals surface area contributed by atoms with Gasteiger partial charge in [0.1, 0.15) is 6.61 Å². The second-order valence-corrected chi connectivity index (χ2v) is 6.00. The number of ether oxygens (including phenoxy) is 1. The summed E-state index contributed by atoms with van der Waals surface area (Å²) in [5, 5.41) is 2.47. The zero-order valence-corrected chi connectivity index (χ0v) is 14.4. The first kappa shape index (κ1) is 16.4. The molecule has 3 nitrogen and oxygen atoms in total. The Hall–Kier alpha value is -2.46. The highest BCUT2D eigenvalue weighted by Crippen LogP contribution is 2.16. The molecule has 0 saturated heterocycles. The Balaban J connectivity index is 1.67. The van der Waals surface area contributed by atoms with Crippen LogP contribution in [0.2, 0.25) is 0 Å². The van der Waals surface area contributed by atoms with Crippen LogP contribution in [-0.2, 0) is 17.9 Å². The summed E-state index contributed by atoms with van der Waals surface area (Å²) in [7, 11) is 0. The van der Waals surface area contributed by atoms with Crippen LogP contribution < -0.4 is 4.72 Å². The molecule has 0 aliphatic heterocycles. The molecule has 0 heterocycles. The van der Waals surface area contributed by atoms with Crippen LogP contribution in [0, 0.1) is 0 Å². The van der Waals surface area contributed by atoms with E-state index in [-0.39, 0.29) is 0 Å². The van der Waals surface area contributed by atoms with Gasteiger partial charge in [0.25, 0.3) is 6.02 Å². The maximum Gasteiger partial charge on any atom is 0.295 e. The third-order valence-electron chi connectivity index (χ3n) is 3.63. The van der Waals surface area contributed by atoms with Crippen LogP contribution in [-0.4, -0.2) is 12.3 Å². The van der Waals surface area contributed by atoms with E-state index in [9.17, 15) is 0 Å². The van der Waals surface area contributed by atoms with Gasteiger partial charge in [0.05, 0.1) is 6.54 Å². The van der Waals surface area contributed by atoms with Gasteiger partial charge in [-0.3, -0.25) is 4.72 Å². The highest BCUT2D eigenvalue weighted by atomic mass is 32.2. The van der Waals surface area contributed by atoms with E-state index < -0.39 is 0 Å². The smallest absolute Gasteiger partial charge is 0.295 e. The second-order valence-electron chi connectivity index (χ2n) is 5.38. The number of aliphatic imine (C=N–C) groups is 1. The van der Waals surface area contributed by atoms with Crippen LogP contribution in [0.1, 0.15) is 11.1 Å². The van der Waals surface area contributed by atoms with E-state index in [4.69, 9.17) is 4.74 Å². The van der Waals surface area contributed by atoms with Crippen molar-refractivity contribution in [3.8, 4) is 0 Å². The van der Waals surface area contributed by atoms with Crippen LogP contribution in [0.4, 0.5) is 0 Å². The standard InChI is InChI=1S/C20H20N2OS/c1-24-22-20(23-15-16-7-3-2-4-8-16)21-14-17-11-12-18-9-5-6-10-19(18)13-17/h2-13H,14-15H2,1H3,(H,21,22). The molecule has 0 amide bonds. The number of amidine groups is 1. The molecule has 122 valence electrons. The average Bonchev–Trinajstić information content (AvgIpc) is 2.64. The predicted octanol–water partition coefficient (Wildman–Crippen LogP) is 4.78. The minimum Gasteiger partial charge on any atom is -0.460 e. The summed E-state index contributed by atoms with van der Waals surface area (Å²) in [6.45, 7) is 1.09. The molecule has 0 aromatic heterocycles. The summed E-state index contributed by atoms with van der Waals surface area (Å²) < 4.78 is 8.90. The van der Waals surface area contributed by atoms with Gasteiger partial charge >= 0.3 is 0 Å². The fourth-order valence-electron chi connectivity index (χ4n) is 2.42. The highest BCUT2D eigenvalue weighted by Gasteiger charge is 2.01. The summed E-state index contributed by atoms with van der Waals surface area (Å²) in [5.41, 5.74) is 2.29. The van der Waals surface area contributed by atoms with Crippen LogP contribution in [0.25, 0.3) is 10.8 Å². The zero-order chi connectivity index (χ0) is 16.6. The van der Waals surface area contributed by atoms with Gasteiger partial charge < -0.3 is 4.74 Å². The number of hydrogen-bond donors (Lipinski definition) is 1. The first-order chi connectivity index (χ1) is 11.8. The van der Waals surface area contributed by atoms with Crippen LogP contribution in [0.15, 0.2) is 77.8 Å². The van der Waals surface area contributed by atoms with Crippen molar-refractivity contribution in [1.82, 2.24) is 4.72 Å². The predicted molar refractivity (Wildman–Crippen MR) is 103 cm³/mol. The molecule has 24 heavy (non-hydrogen) atoms. The fourth-order valence-corrected chi connectivity index (χ4v) is 2.72. The van der Waals surface area contributed by atoms with E-state index in [2.05, 4.69) is 52.2 Å². The lowest BCUT2D eigenvalue weighted by Crippen LogP contribution is -2.19. The van der Waals surface area contributed by atoms with Gasteiger partial charge in [-0.2, -0.15) is 0 Å². The monoisotopic (exact) mass is 336 g/mol. The first-order valence-electron chi connectivity index (χ1n) is 7.83. The number of nitrogens with one attached hydrogen (secondary N) is 1. The summed E-state index contributed by atoms with van der Waals surface area (Å²) in [5.74, 6) is 0. The van der Waals surface area contributed by atoms with Gasteiger partial charge in [-0.15, -0.1) is 0 Å². The topological polar surface area (TPSA) is 33.6 Å². The van der Waals surface area contributed by atoms with Crippen LogP contribution in [0.3, 0.4) is 0 Å². The van der Waals surface area contributed by atoms with Gasteiger partial charge in [0.15, 0.2) is 0 Å². The maximum absolute atomic E-state index is 5.80. The van der Waals surface area contributed by atoms with Gasteiger partial charge in [0, 0.05) is 6.26 Å². The van der Waals surface area contributed by atoms with E-state index in [0.29, 0.717) is 19.2 Å². The van der Waals surface area contributed by atoms with Crippen molar-refractivity contribution in [1.29, 1.82) is 0 Å². The number of fused-ring (bicyclic) bond motifs is 1. The molecular weight excluding hydrogens is 316 g/mol. The second kappa shape index (κ2) is 8.41. The Morgan fingerprint density at radius 1 is 0.917 bits per heavy atom. The van der Waals surface area contributed by atoms with Crippen LogP contribution in [0.5, 0.6) is 0 Å². The molecule has 0 atom stereocenters. The summed E-state index contributed by atoms with van der Waals surface area (Å²) >= 11 is 1.48. The molecule has 0 unspecified atom stereocenters. The minimum atomic E-state index is 0.505. The van der Waals surface area contributed by atoms with E-state index in [1.165, 1.54) is 22.7 Å². The number of benzene rings is 3.